The molecule has 0 aliphatic heterocycles. The highest BCUT2D eigenvalue weighted by Gasteiger charge is 2.57. The second-order valence-corrected chi connectivity index (χ2v) is 13.3. The van der Waals surface area contributed by atoms with Crippen molar-refractivity contribution in [1.82, 2.24) is 10.3 Å². The van der Waals surface area contributed by atoms with Gasteiger partial charge in [0.25, 0.3) is 0 Å². The molecule has 3 fully saturated rings. The maximum Gasteiger partial charge on any atom is 0.247 e. The van der Waals surface area contributed by atoms with E-state index in [-0.39, 0.29) is 35.5 Å². The molecule has 2 amide bonds. The smallest absolute Gasteiger partial charge is 0.247 e. The molecule has 12 heteroatoms. The quantitative estimate of drug-likeness (QED) is 0.126. The first-order valence-electron chi connectivity index (χ1n) is 16.3. The summed E-state index contributed by atoms with van der Waals surface area (Å²) in [7, 11) is 1.52. The number of anilines is 2. The van der Waals surface area contributed by atoms with Gasteiger partial charge in [-0.05, 0) is 87.1 Å². The zero-order valence-electron chi connectivity index (χ0n) is 27.0. The van der Waals surface area contributed by atoms with Crippen LogP contribution in [0.1, 0.15) is 51.4 Å². The van der Waals surface area contributed by atoms with Gasteiger partial charge in [0, 0.05) is 29.4 Å². The van der Waals surface area contributed by atoms with Gasteiger partial charge in [0.2, 0.25) is 11.8 Å². The number of nitrogens with zero attached hydrogens (tertiary/aromatic N) is 2. The molecular formula is C37H36F2N4O6. The highest BCUT2D eigenvalue weighted by molar-refractivity contribution is 6.16. The minimum Gasteiger partial charge on any atom is -0.493 e. The summed E-state index contributed by atoms with van der Waals surface area (Å²) in [6.07, 6.45) is 8.63. The fraction of sp³-hybridized carbons (Fsp3) is 0.351. The highest BCUT2D eigenvalue weighted by atomic mass is 19.1. The van der Waals surface area contributed by atoms with Crippen LogP contribution in [0.2, 0.25) is 0 Å². The lowest BCUT2D eigenvalue weighted by Crippen LogP contribution is -2.53. The van der Waals surface area contributed by atoms with Crippen molar-refractivity contribution in [3.05, 3.63) is 78.5 Å². The molecule has 3 aliphatic carbocycles. The summed E-state index contributed by atoms with van der Waals surface area (Å²) in [4.78, 5) is 43.4. The Hall–Kier alpha value is -5.10. The lowest BCUT2D eigenvalue weighted by molar-refractivity contribution is -0.133. The minimum atomic E-state index is -1.40. The molecule has 49 heavy (non-hydrogen) atoms. The van der Waals surface area contributed by atoms with E-state index in [1.165, 1.54) is 54.6 Å². The Morgan fingerprint density at radius 3 is 2.22 bits per heavy atom. The molecular weight excluding hydrogens is 634 g/mol. The Balaban J connectivity index is 1.13. The first kappa shape index (κ1) is 32.4. The van der Waals surface area contributed by atoms with Crippen LogP contribution >= 0.6 is 0 Å². The van der Waals surface area contributed by atoms with E-state index >= 15 is 4.39 Å². The van der Waals surface area contributed by atoms with E-state index in [9.17, 15) is 18.8 Å². The van der Waals surface area contributed by atoms with E-state index in [0.717, 1.165) is 50.9 Å². The molecule has 3 aliphatic rings. The van der Waals surface area contributed by atoms with Crippen molar-refractivity contribution >= 4 is 40.4 Å². The number of primary amides is 1. The van der Waals surface area contributed by atoms with Crippen LogP contribution in [-0.4, -0.2) is 47.9 Å². The molecule has 10 nitrogen and oxygen atoms in total. The second-order valence-electron chi connectivity index (χ2n) is 13.3. The number of pyridine rings is 1. The van der Waals surface area contributed by atoms with E-state index in [1.807, 2.05) is 0 Å². The van der Waals surface area contributed by atoms with Crippen LogP contribution in [0.4, 0.5) is 20.2 Å². The summed E-state index contributed by atoms with van der Waals surface area (Å²) in [6, 6.07) is 14.1. The average molecular weight is 671 g/mol. The number of rotatable bonds is 13. The van der Waals surface area contributed by atoms with Crippen molar-refractivity contribution in [2.24, 2.45) is 11.1 Å². The number of nitrogens with one attached hydrogen (secondary N) is 1. The molecule has 1 aromatic heterocycles. The normalized spacial score (nSPS) is 18.0. The maximum atomic E-state index is 15.7. The fourth-order valence-corrected chi connectivity index (χ4v) is 6.68. The molecule has 0 radical (unpaired) electrons. The zero-order valence-corrected chi connectivity index (χ0v) is 27.0. The number of halogens is 2. The summed E-state index contributed by atoms with van der Waals surface area (Å²) in [6.45, 7) is 0.357. The van der Waals surface area contributed by atoms with Crippen LogP contribution < -0.4 is 30.2 Å². The first-order valence-corrected chi connectivity index (χ1v) is 16.3. The summed E-state index contributed by atoms with van der Waals surface area (Å²) >= 11 is 0. The number of ether oxygens (including phenoxy) is 3. The number of carbonyl (C=O) groups excluding carboxylic acids is 3. The highest BCUT2D eigenvalue weighted by Crippen LogP contribution is 2.49. The Bertz CT molecular complexity index is 1940. The Morgan fingerprint density at radius 1 is 0.898 bits per heavy atom. The monoisotopic (exact) mass is 670 g/mol. The van der Waals surface area contributed by atoms with Crippen LogP contribution in [0.3, 0.4) is 0 Å². The third kappa shape index (κ3) is 6.16. The van der Waals surface area contributed by atoms with Gasteiger partial charge in [0.1, 0.15) is 29.9 Å². The number of fused-ring (bicyclic) bond motifs is 1. The number of nitrogens with two attached hydrogens (primary N) is 1. The predicted octanol–water partition coefficient (Wildman–Crippen LogP) is 6.26. The minimum absolute atomic E-state index is 0.118. The number of methoxy groups -OCH3 is 1. The van der Waals surface area contributed by atoms with Crippen LogP contribution in [0.15, 0.2) is 66.9 Å². The Morgan fingerprint density at radius 2 is 1.61 bits per heavy atom. The number of benzene rings is 3. The predicted molar refractivity (Wildman–Crippen MR) is 177 cm³/mol. The topological polar surface area (TPSA) is 133 Å². The summed E-state index contributed by atoms with van der Waals surface area (Å²) in [5, 5.41) is 4.14. The van der Waals surface area contributed by atoms with Crippen LogP contribution in [-0.2, 0) is 14.4 Å². The van der Waals surface area contributed by atoms with Gasteiger partial charge < -0.3 is 24.7 Å². The number of aldehydes is 1. The molecule has 0 saturated heterocycles. The van der Waals surface area contributed by atoms with E-state index in [0.29, 0.717) is 34.8 Å². The van der Waals surface area contributed by atoms with Crippen molar-refractivity contribution in [2.45, 2.75) is 62.4 Å². The summed E-state index contributed by atoms with van der Waals surface area (Å²) in [5.41, 5.74) is 4.29. The number of hydrogen-bond acceptors (Lipinski definition) is 8. The van der Waals surface area contributed by atoms with Gasteiger partial charge in [0.15, 0.2) is 23.1 Å². The molecule has 3 saturated carbocycles. The number of carbonyl (C=O) groups is 3. The molecule has 0 atom stereocenters. The molecule has 1 heterocycles. The number of hydrogen-bond donors (Lipinski definition) is 2. The molecule has 3 aromatic carbocycles. The molecule has 3 N–H and O–H groups in total. The van der Waals surface area contributed by atoms with Crippen LogP contribution in [0.5, 0.6) is 23.0 Å². The van der Waals surface area contributed by atoms with Gasteiger partial charge in [-0.15, -0.1) is 0 Å². The van der Waals surface area contributed by atoms with Gasteiger partial charge in [-0.25, -0.2) is 8.78 Å². The van der Waals surface area contributed by atoms with Gasteiger partial charge in [-0.2, -0.15) is 0 Å². The lowest BCUT2D eigenvalue weighted by atomic mass is 9.98. The SMILES string of the molecule is COc1cc2c(Oc3ccc(N(C(=O)C4(C(N)=O)CC4)c4ccc(F)cc4)cc3F)ccnc2cc1OCC1(NC2(C=O)CCCC2)CC1. The van der Waals surface area contributed by atoms with E-state index < -0.39 is 34.4 Å². The Labute approximate surface area is 281 Å². The third-order valence-corrected chi connectivity index (χ3v) is 9.89. The maximum absolute atomic E-state index is 15.7. The van der Waals surface area contributed by atoms with Crippen molar-refractivity contribution < 1.29 is 37.4 Å². The fourth-order valence-electron chi connectivity index (χ4n) is 6.68. The molecule has 0 unspecified atom stereocenters. The summed E-state index contributed by atoms with van der Waals surface area (Å²) < 4.78 is 47.4. The van der Waals surface area contributed by atoms with Crippen molar-refractivity contribution in [3.63, 3.8) is 0 Å². The summed E-state index contributed by atoms with van der Waals surface area (Å²) in [5.74, 6) is -1.60. The molecule has 0 spiro atoms. The number of aromatic nitrogens is 1. The van der Waals surface area contributed by atoms with Crippen molar-refractivity contribution in [2.75, 3.05) is 18.6 Å². The van der Waals surface area contributed by atoms with Crippen LogP contribution in [0.25, 0.3) is 10.9 Å². The standard InChI is InChI=1S/C37H36F2N4O6/c1-47-31-19-26-28(20-32(31)48-22-36(13-14-36)42-35(21-44)11-2-3-12-35)41-17-10-29(26)49-30-9-8-25(18-27(30)39)43(24-6-4-23(38)5-7-24)34(46)37(15-16-37)33(40)45/h4-10,17-21,42H,2-3,11-16,22H2,1H3,(H2,40,45). The third-order valence-electron chi connectivity index (χ3n) is 9.89. The second kappa shape index (κ2) is 12.4. The van der Waals surface area contributed by atoms with E-state index in [4.69, 9.17) is 19.9 Å². The lowest BCUT2D eigenvalue weighted by Gasteiger charge is -2.30. The molecule has 7 rings (SSSR count). The van der Waals surface area contributed by atoms with Crippen molar-refractivity contribution in [3.8, 4) is 23.0 Å². The molecule has 0 bridgehead atoms. The van der Waals surface area contributed by atoms with E-state index in [1.54, 1.807) is 18.2 Å². The Kier molecular flexibility index (Phi) is 8.22. The zero-order chi connectivity index (χ0) is 34.4. The van der Waals surface area contributed by atoms with Crippen LogP contribution in [0, 0.1) is 17.0 Å². The van der Waals surface area contributed by atoms with Gasteiger partial charge in [-0.1, -0.05) is 12.8 Å². The van der Waals surface area contributed by atoms with Gasteiger partial charge in [-0.3, -0.25) is 24.8 Å². The largest absolute Gasteiger partial charge is 0.493 e. The van der Waals surface area contributed by atoms with Crippen molar-refractivity contribution in [1.29, 1.82) is 0 Å². The van der Waals surface area contributed by atoms with Gasteiger partial charge in [0.05, 0.1) is 29.4 Å². The first-order chi connectivity index (χ1) is 23.6. The molecule has 254 valence electrons. The van der Waals surface area contributed by atoms with Gasteiger partial charge >= 0.3 is 0 Å². The average Bonchev–Trinajstić information content (AvgIpc) is 4.02. The van der Waals surface area contributed by atoms with E-state index in [2.05, 4.69) is 10.3 Å². The molecule has 4 aromatic rings. The number of amides is 2.